The topological polar surface area (TPSA) is 102 Å². The molecule has 1 aromatic carbocycles. The first-order chi connectivity index (χ1) is 13.8. The zero-order chi connectivity index (χ0) is 21.1. The first-order valence-electron chi connectivity index (χ1n) is 9.27. The smallest absolute Gasteiger partial charge is 0.319 e. The maximum absolute atomic E-state index is 13.7. The van der Waals surface area contributed by atoms with Crippen LogP contribution in [0.15, 0.2) is 35.1 Å². The van der Waals surface area contributed by atoms with E-state index in [-0.39, 0.29) is 11.3 Å². The van der Waals surface area contributed by atoms with Crippen molar-refractivity contribution in [2.75, 3.05) is 19.1 Å². The van der Waals surface area contributed by atoms with Crippen molar-refractivity contribution < 1.29 is 19.1 Å². The van der Waals surface area contributed by atoms with Crippen molar-refractivity contribution >= 4 is 23.5 Å². The fourth-order valence-corrected chi connectivity index (χ4v) is 4.61. The monoisotopic (exact) mass is 395 g/mol. The molecule has 29 heavy (non-hydrogen) atoms. The predicted molar refractivity (Wildman–Crippen MR) is 106 cm³/mol. The van der Waals surface area contributed by atoms with E-state index in [1.165, 1.54) is 16.6 Å². The number of hydrogen-bond acceptors (Lipinski definition) is 6. The number of pyridine rings is 1. The normalized spacial score (nSPS) is 22.3. The van der Waals surface area contributed by atoms with Gasteiger partial charge in [-0.05, 0) is 25.5 Å². The van der Waals surface area contributed by atoms with E-state index in [1.807, 2.05) is 6.92 Å². The number of rotatable bonds is 2. The highest BCUT2D eigenvalue weighted by Crippen LogP contribution is 2.54. The highest BCUT2D eigenvalue weighted by Gasteiger charge is 2.65. The molecule has 2 atom stereocenters. The van der Waals surface area contributed by atoms with Crippen molar-refractivity contribution in [2.45, 2.75) is 25.8 Å². The van der Waals surface area contributed by atoms with Crippen LogP contribution in [0.1, 0.15) is 23.7 Å². The van der Waals surface area contributed by atoms with Crippen LogP contribution in [0, 0.1) is 18.3 Å². The Morgan fingerprint density at radius 1 is 1.31 bits per heavy atom. The third-order valence-electron chi connectivity index (χ3n) is 5.87. The Morgan fingerprint density at radius 2 is 2.00 bits per heavy atom. The van der Waals surface area contributed by atoms with Crippen molar-refractivity contribution in [3.63, 3.8) is 0 Å². The van der Waals surface area contributed by atoms with Crippen molar-refractivity contribution in [3.8, 4) is 5.75 Å². The third-order valence-corrected chi connectivity index (χ3v) is 5.87. The molecule has 2 aromatic rings. The number of anilines is 1. The van der Waals surface area contributed by atoms with Crippen molar-refractivity contribution in [3.05, 3.63) is 57.5 Å². The molecular weight excluding hydrogens is 374 g/mol. The van der Waals surface area contributed by atoms with Crippen LogP contribution < -0.4 is 15.2 Å². The van der Waals surface area contributed by atoms with Gasteiger partial charge in [0.05, 0.1) is 12.7 Å². The summed E-state index contributed by atoms with van der Waals surface area (Å²) in [7, 11) is 2.78. The zero-order valence-electron chi connectivity index (χ0n) is 16.6. The number of nitrogens with zero attached hydrogens (tertiary/aromatic N) is 2. The summed E-state index contributed by atoms with van der Waals surface area (Å²) in [5, 5.41) is 8.43. The first kappa shape index (κ1) is 18.9. The van der Waals surface area contributed by atoms with E-state index in [1.54, 1.807) is 44.3 Å². The van der Waals surface area contributed by atoms with E-state index < -0.39 is 34.7 Å². The van der Waals surface area contributed by atoms with Gasteiger partial charge in [-0.1, -0.05) is 18.2 Å². The average molecular weight is 395 g/mol. The van der Waals surface area contributed by atoms with Crippen molar-refractivity contribution in [1.82, 2.24) is 4.57 Å². The van der Waals surface area contributed by atoms with E-state index in [4.69, 9.17) is 14.9 Å². The second-order valence-corrected chi connectivity index (χ2v) is 7.19. The highest BCUT2D eigenvalue weighted by molar-refractivity contribution is 6.18. The molecule has 2 aliphatic rings. The lowest BCUT2D eigenvalue weighted by molar-refractivity contribution is -0.147. The zero-order valence-corrected chi connectivity index (χ0v) is 16.6. The quantitative estimate of drug-likeness (QED) is 0.779. The number of nitrogens with one attached hydrogen (secondary N) is 1. The predicted octanol–water partition coefficient (Wildman–Crippen LogP) is 1.60. The van der Waals surface area contributed by atoms with Crippen LogP contribution in [-0.2, 0) is 26.3 Å². The molecule has 1 aromatic heterocycles. The Kier molecular flexibility index (Phi) is 4.11. The Balaban J connectivity index is 2.22. The van der Waals surface area contributed by atoms with Gasteiger partial charge >= 0.3 is 5.97 Å². The van der Waals surface area contributed by atoms with Gasteiger partial charge in [0.1, 0.15) is 11.2 Å². The maximum atomic E-state index is 13.7. The molecule has 2 aliphatic heterocycles. The molecule has 8 heteroatoms. The number of esters is 1. The summed E-state index contributed by atoms with van der Waals surface area (Å²) in [6, 6.07) is 8.62. The minimum atomic E-state index is -1.72. The molecule has 1 amide bonds. The van der Waals surface area contributed by atoms with Gasteiger partial charge < -0.3 is 18.9 Å². The number of hydrogen-bond donors (Lipinski definition) is 1. The number of ether oxygens (including phenoxy) is 2. The number of likely N-dealkylation sites (N-methyl/N-ethyl adjacent to an activating group) is 1. The summed E-state index contributed by atoms with van der Waals surface area (Å²) < 4.78 is 12.1. The summed E-state index contributed by atoms with van der Waals surface area (Å²) in [4.78, 5) is 41.5. The summed E-state index contributed by atoms with van der Waals surface area (Å²) >= 11 is 0. The molecule has 0 fully saturated rings. The lowest BCUT2D eigenvalue weighted by atomic mass is 9.64. The lowest BCUT2D eigenvalue weighted by Gasteiger charge is -2.39. The van der Waals surface area contributed by atoms with E-state index in [0.717, 1.165) is 0 Å². The molecular formula is C21H21N3O5. The summed E-state index contributed by atoms with van der Waals surface area (Å²) in [5.74, 6) is -2.97. The van der Waals surface area contributed by atoms with Crippen LogP contribution in [0.4, 0.5) is 5.69 Å². The molecule has 1 N–H and O–H groups in total. The second kappa shape index (κ2) is 6.30. The van der Waals surface area contributed by atoms with Crippen LogP contribution in [-0.4, -0.2) is 36.5 Å². The number of amides is 1. The van der Waals surface area contributed by atoms with Crippen LogP contribution in [0.25, 0.3) is 0 Å². The number of methoxy groups -OCH3 is 1. The van der Waals surface area contributed by atoms with Gasteiger partial charge in [0.25, 0.3) is 5.56 Å². The van der Waals surface area contributed by atoms with Gasteiger partial charge in [-0.25, -0.2) is 0 Å². The maximum Gasteiger partial charge on any atom is 0.319 e. The van der Waals surface area contributed by atoms with Crippen molar-refractivity contribution in [2.24, 2.45) is 5.92 Å². The van der Waals surface area contributed by atoms with Gasteiger partial charge in [-0.15, -0.1) is 0 Å². The molecule has 0 aliphatic carbocycles. The first-order valence-corrected chi connectivity index (χ1v) is 9.27. The molecule has 150 valence electrons. The fraction of sp³-hybridized carbons (Fsp3) is 0.333. The van der Waals surface area contributed by atoms with E-state index >= 15 is 0 Å². The Bertz CT molecular complexity index is 1140. The van der Waals surface area contributed by atoms with Gasteiger partial charge in [0.2, 0.25) is 11.8 Å². The summed E-state index contributed by atoms with van der Waals surface area (Å²) in [5.41, 5.74) is -0.357. The molecule has 0 saturated carbocycles. The second-order valence-electron chi connectivity index (χ2n) is 7.19. The third kappa shape index (κ3) is 2.19. The number of aromatic nitrogens is 1. The van der Waals surface area contributed by atoms with Crippen LogP contribution >= 0.6 is 0 Å². The molecule has 0 bridgehead atoms. The number of fused-ring (bicyclic) bond motifs is 4. The summed E-state index contributed by atoms with van der Waals surface area (Å²) in [6.45, 7) is 3.97. The van der Waals surface area contributed by atoms with Gasteiger partial charge in [0, 0.05) is 31.0 Å². The molecule has 3 heterocycles. The molecule has 1 spiro atoms. The number of para-hydroxylation sites is 1. The Morgan fingerprint density at radius 3 is 2.66 bits per heavy atom. The number of carbonyl (C=O) groups excluding carboxylic acids is 2. The standard InChI is InChI=1S/C21H21N3O5/c1-5-24-11(2)10-14-15(18(24)25)21(16(17(22)29-14)19(26)28-4)12-8-6-7-9-13(12)23(3)20(21)27/h6-10,16,22H,5H2,1-4H3. The Hall–Kier alpha value is -3.42. The van der Waals surface area contributed by atoms with Crippen molar-refractivity contribution in [1.29, 1.82) is 5.41 Å². The molecule has 2 unspecified atom stereocenters. The largest absolute Gasteiger partial charge is 0.468 e. The highest BCUT2D eigenvalue weighted by atomic mass is 16.5. The van der Waals surface area contributed by atoms with Crippen LogP contribution in [0.5, 0.6) is 5.75 Å². The number of benzene rings is 1. The van der Waals surface area contributed by atoms with E-state index in [2.05, 4.69) is 0 Å². The van der Waals surface area contributed by atoms with Gasteiger partial charge in [-0.2, -0.15) is 0 Å². The van der Waals surface area contributed by atoms with E-state index in [0.29, 0.717) is 23.5 Å². The lowest BCUT2D eigenvalue weighted by Crippen LogP contribution is -2.58. The van der Waals surface area contributed by atoms with Gasteiger partial charge in [0.15, 0.2) is 5.92 Å². The van der Waals surface area contributed by atoms with Crippen LogP contribution in [0.2, 0.25) is 0 Å². The van der Waals surface area contributed by atoms with Crippen LogP contribution in [0.3, 0.4) is 0 Å². The molecule has 8 nitrogen and oxygen atoms in total. The fourth-order valence-electron chi connectivity index (χ4n) is 4.61. The molecule has 4 rings (SSSR count). The number of carbonyl (C=O) groups is 2. The Labute approximate surface area is 167 Å². The number of aryl methyl sites for hydroxylation is 1. The van der Waals surface area contributed by atoms with E-state index in [9.17, 15) is 14.4 Å². The minimum Gasteiger partial charge on any atom is -0.468 e. The SMILES string of the molecule is CCn1c(C)cc2c(c1=O)C1(C(=O)N(C)c3ccccc31)C(C(=O)OC)C(=N)O2. The minimum absolute atomic E-state index is 0.0677. The average Bonchev–Trinajstić information content (AvgIpc) is 2.90. The molecule has 0 saturated heterocycles. The summed E-state index contributed by atoms with van der Waals surface area (Å²) in [6.07, 6.45) is 0. The molecule has 0 radical (unpaired) electrons. The van der Waals surface area contributed by atoms with Gasteiger partial charge in [-0.3, -0.25) is 19.8 Å².